The Morgan fingerprint density at radius 3 is 3.05 bits per heavy atom. The average molecular weight is 257 g/mol. The highest BCUT2D eigenvalue weighted by molar-refractivity contribution is 6.09. The number of nitrogens with zero attached hydrogens (tertiary/aromatic N) is 2. The number of aromatic nitrogens is 1. The summed E-state index contributed by atoms with van der Waals surface area (Å²) in [6.45, 7) is 4.70. The molecule has 0 atom stereocenters. The van der Waals surface area contributed by atoms with E-state index >= 15 is 0 Å². The fourth-order valence-electron chi connectivity index (χ4n) is 1.51. The Kier molecular flexibility index (Phi) is 4.58. The number of allylic oxidation sites excluding steroid dienone is 2. The molecule has 2 rings (SSSR count). The van der Waals surface area contributed by atoms with E-state index in [-0.39, 0.29) is 6.10 Å². The lowest BCUT2D eigenvalue weighted by atomic mass is 10.1. The first-order valence-electron chi connectivity index (χ1n) is 5.89. The molecule has 1 aliphatic rings. The van der Waals surface area contributed by atoms with Crippen LogP contribution in [-0.2, 0) is 4.74 Å². The largest absolute Gasteiger partial charge is 0.469 e. The van der Waals surface area contributed by atoms with Crippen LogP contribution in [0.4, 0.5) is 0 Å². The Bertz CT molecular complexity index is 519. The van der Waals surface area contributed by atoms with Gasteiger partial charge in [-0.25, -0.2) is 4.98 Å². The van der Waals surface area contributed by atoms with Crippen molar-refractivity contribution in [2.75, 3.05) is 13.2 Å². The maximum Gasteiger partial charge on any atom is 0.221 e. The molecule has 0 spiro atoms. The summed E-state index contributed by atoms with van der Waals surface area (Å²) >= 11 is 0. The van der Waals surface area contributed by atoms with Gasteiger partial charge in [-0.1, -0.05) is 12.7 Å². The molecule has 2 heterocycles. The van der Waals surface area contributed by atoms with Crippen LogP contribution < -0.4 is 4.74 Å². The van der Waals surface area contributed by atoms with Gasteiger partial charge in [0.05, 0.1) is 13.2 Å². The molecule has 19 heavy (non-hydrogen) atoms. The molecule has 0 saturated carbocycles. The highest BCUT2D eigenvalue weighted by Crippen LogP contribution is 2.24. The van der Waals surface area contributed by atoms with Crippen molar-refractivity contribution in [2.24, 2.45) is 4.99 Å². The van der Waals surface area contributed by atoms with Gasteiger partial charge in [0, 0.05) is 36.0 Å². The van der Waals surface area contributed by atoms with E-state index in [0.717, 1.165) is 5.56 Å². The molecule has 1 aromatic heterocycles. The molecule has 98 valence electrons. The van der Waals surface area contributed by atoms with Crippen LogP contribution in [0.15, 0.2) is 42.2 Å². The summed E-state index contributed by atoms with van der Waals surface area (Å²) in [5, 5.41) is 7.47. The summed E-state index contributed by atoms with van der Waals surface area (Å²) < 4.78 is 10.8. The molecule has 0 aromatic carbocycles. The van der Waals surface area contributed by atoms with Crippen molar-refractivity contribution >= 4 is 18.0 Å². The summed E-state index contributed by atoms with van der Waals surface area (Å²) in [5.41, 5.74) is 1.37. The Labute approximate surface area is 111 Å². The molecule has 0 bridgehead atoms. The van der Waals surface area contributed by atoms with Gasteiger partial charge in [-0.2, -0.15) is 0 Å². The lowest BCUT2D eigenvalue weighted by Gasteiger charge is -2.26. The highest BCUT2D eigenvalue weighted by atomic mass is 16.6. The third-order valence-electron chi connectivity index (χ3n) is 2.53. The lowest BCUT2D eigenvalue weighted by molar-refractivity contribution is -0.0814. The second-order valence-corrected chi connectivity index (χ2v) is 3.90. The minimum absolute atomic E-state index is 0.0392. The van der Waals surface area contributed by atoms with E-state index in [2.05, 4.69) is 16.6 Å². The van der Waals surface area contributed by atoms with Gasteiger partial charge in [0.15, 0.2) is 0 Å². The highest BCUT2D eigenvalue weighted by Gasteiger charge is 2.22. The fourth-order valence-corrected chi connectivity index (χ4v) is 1.51. The molecule has 0 amide bonds. The first-order valence-corrected chi connectivity index (χ1v) is 5.89. The van der Waals surface area contributed by atoms with E-state index in [1.165, 1.54) is 6.21 Å². The summed E-state index contributed by atoms with van der Waals surface area (Å²) in [7, 11) is 0. The SMILES string of the molecule is C=CC=NC=C(C=N)c1cccnc1OC1COC1. The molecule has 0 unspecified atom stereocenters. The number of nitrogens with one attached hydrogen (secondary N) is 1. The van der Waals surface area contributed by atoms with Crippen molar-refractivity contribution < 1.29 is 9.47 Å². The smallest absolute Gasteiger partial charge is 0.221 e. The summed E-state index contributed by atoms with van der Waals surface area (Å²) in [5.74, 6) is 0.499. The minimum Gasteiger partial charge on any atom is -0.469 e. The second-order valence-electron chi connectivity index (χ2n) is 3.90. The number of aliphatic imine (C=N–C) groups is 1. The van der Waals surface area contributed by atoms with E-state index in [9.17, 15) is 0 Å². The predicted octanol–water partition coefficient (Wildman–Crippen LogP) is 2.11. The summed E-state index contributed by atoms with van der Waals surface area (Å²) in [6, 6.07) is 3.65. The molecule has 1 N–H and O–H groups in total. The molecular weight excluding hydrogens is 242 g/mol. The molecule has 1 fully saturated rings. The number of rotatable bonds is 6. The topological polar surface area (TPSA) is 67.6 Å². The number of pyridine rings is 1. The Morgan fingerprint density at radius 2 is 2.42 bits per heavy atom. The zero-order valence-corrected chi connectivity index (χ0v) is 10.5. The van der Waals surface area contributed by atoms with Crippen LogP contribution in [0.5, 0.6) is 5.88 Å². The van der Waals surface area contributed by atoms with Gasteiger partial charge in [0.25, 0.3) is 0 Å². The quantitative estimate of drug-likeness (QED) is 0.793. The standard InChI is InChI=1S/C14H15N3O2/c1-2-5-16-8-11(7-15)13-4-3-6-17-14(13)19-12-9-18-10-12/h2-8,12,15H,1,9-10H2. The first kappa shape index (κ1) is 13.2. The third-order valence-corrected chi connectivity index (χ3v) is 2.53. The molecule has 1 aromatic rings. The van der Waals surface area contributed by atoms with Crippen molar-refractivity contribution in [2.45, 2.75) is 6.10 Å². The number of ether oxygens (including phenoxy) is 2. The Hall–Kier alpha value is -2.27. The van der Waals surface area contributed by atoms with E-state index in [4.69, 9.17) is 14.9 Å². The molecule has 5 nitrogen and oxygen atoms in total. The van der Waals surface area contributed by atoms with Gasteiger partial charge >= 0.3 is 0 Å². The van der Waals surface area contributed by atoms with Crippen molar-refractivity contribution in [1.82, 2.24) is 4.98 Å². The van der Waals surface area contributed by atoms with Gasteiger partial charge in [-0.15, -0.1) is 0 Å². The van der Waals surface area contributed by atoms with Crippen LogP contribution in [0.1, 0.15) is 5.56 Å². The van der Waals surface area contributed by atoms with Gasteiger partial charge in [0.2, 0.25) is 5.88 Å². The maximum absolute atomic E-state index is 7.47. The number of hydrogen-bond donors (Lipinski definition) is 1. The van der Waals surface area contributed by atoms with Gasteiger partial charge in [0.1, 0.15) is 6.10 Å². The van der Waals surface area contributed by atoms with Crippen LogP contribution in [0.3, 0.4) is 0 Å². The van der Waals surface area contributed by atoms with Crippen molar-refractivity contribution in [3.63, 3.8) is 0 Å². The number of hydrogen-bond acceptors (Lipinski definition) is 5. The Balaban J connectivity index is 2.25. The Morgan fingerprint density at radius 1 is 1.58 bits per heavy atom. The second kappa shape index (κ2) is 6.61. The molecule has 0 radical (unpaired) electrons. The van der Waals surface area contributed by atoms with Crippen LogP contribution in [0, 0.1) is 5.41 Å². The maximum atomic E-state index is 7.47. The molecule has 1 aliphatic heterocycles. The van der Waals surface area contributed by atoms with Gasteiger partial charge < -0.3 is 14.9 Å². The van der Waals surface area contributed by atoms with Crippen LogP contribution in [0.2, 0.25) is 0 Å². The van der Waals surface area contributed by atoms with Crippen LogP contribution >= 0.6 is 0 Å². The molecule has 5 heteroatoms. The first-order chi connectivity index (χ1) is 9.35. The van der Waals surface area contributed by atoms with Gasteiger partial charge in [-0.3, -0.25) is 4.99 Å². The predicted molar refractivity (Wildman–Crippen MR) is 74.9 cm³/mol. The van der Waals surface area contributed by atoms with Crippen molar-refractivity contribution in [3.05, 3.63) is 42.7 Å². The van der Waals surface area contributed by atoms with Crippen molar-refractivity contribution in [1.29, 1.82) is 5.41 Å². The van der Waals surface area contributed by atoms with E-state index in [1.807, 2.05) is 6.07 Å². The third kappa shape index (κ3) is 3.35. The lowest BCUT2D eigenvalue weighted by Crippen LogP contribution is -2.39. The molecule has 0 aliphatic carbocycles. The molecular formula is C14H15N3O2. The van der Waals surface area contributed by atoms with Crippen LogP contribution in [0.25, 0.3) is 5.57 Å². The van der Waals surface area contributed by atoms with E-state index in [0.29, 0.717) is 24.7 Å². The minimum atomic E-state index is 0.0392. The van der Waals surface area contributed by atoms with Crippen LogP contribution in [-0.4, -0.2) is 36.7 Å². The van der Waals surface area contributed by atoms with Gasteiger partial charge in [-0.05, 0) is 12.1 Å². The average Bonchev–Trinajstić information content (AvgIpc) is 2.40. The van der Waals surface area contributed by atoms with Crippen molar-refractivity contribution in [3.8, 4) is 5.88 Å². The zero-order valence-electron chi connectivity index (χ0n) is 10.5. The normalized spacial score (nSPS) is 16.1. The van der Waals surface area contributed by atoms with E-state index in [1.54, 1.807) is 30.8 Å². The molecule has 1 saturated heterocycles. The fraction of sp³-hybridized carbons (Fsp3) is 0.214. The monoisotopic (exact) mass is 257 g/mol. The summed E-state index contributed by atoms with van der Waals surface area (Å²) in [6.07, 6.45) is 7.63. The summed E-state index contributed by atoms with van der Waals surface area (Å²) in [4.78, 5) is 8.23. The zero-order chi connectivity index (χ0) is 13.5. The van der Waals surface area contributed by atoms with E-state index < -0.39 is 0 Å².